The van der Waals surface area contributed by atoms with E-state index in [1.807, 2.05) is 13.0 Å². The molecule has 1 atom stereocenters. The molecule has 0 aromatic carbocycles. The SMILES string of the molecule is Cc1cc(-c2cnc(C[C@@H]3CCN(S(C)(=O)=O)C3)cn2)n[nH]1. The molecule has 1 aliphatic heterocycles. The van der Waals surface area contributed by atoms with Crippen molar-refractivity contribution in [1.29, 1.82) is 0 Å². The van der Waals surface area contributed by atoms with Crippen LogP contribution in [0.4, 0.5) is 0 Å². The Kier molecular flexibility index (Phi) is 3.96. The van der Waals surface area contributed by atoms with Gasteiger partial charge in [0, 0.05) is 25.0 Å². The summed E-state index contributed by atoms with van der Waals surface area (Å²) in [6.07, 6.45) is 6.35. The number of sulfonamides is 1. The number of nitrogens with one attached hydrogen (secondary N) is 1. The highest BCUT2D eigenvalue weighted by Gasteiger charge is 2.28. The van der Waals surface area contributed by atoms with E-state index in [0.717, 1.165) is 35.6 Å². The van der Waals surface area contributed by atoms with E-state index in [4.69, 9.17) is 0 Å². The second-order valence-electron chi connectivity index (χ2n) is 5.81. The molecule has 0 aliphatic carbocycles. The molecular weight excluding hydrogens is 302 g/mol. The predicted molar refractivity (Wildman–Crippen MR) is 82.6 cm³/mol. The first-order valence-corrected chi connectivity index (χ1v) is 9.05. The number of H-pyrrole nitrogens is 1. The molecule has 1 fully saturated rings. The van der Waals surface area contributed by atoms with Gasteiger partial charge < -0.3 is 0 Å². The van der Waals surface area contributed by atoms with E-state index in [2.05, 4.69) is 20.2 Å². The number of aromatic amines is 1. The molecule has 0 radical (unpaired) electrons. The van der Waals surface area contributed by atoms with Crippen molar-refractivity contribution < 1.29 is 8.42 Å². The molecule has 2 aromatic rings. The van der Waals surface area contributed by atoms with Gasteiger partial charge in [-0.25, -0.2) is 12.7 Å². The Balaban J connectivity index is 1.65. The third-order valence-electron chi connectivity index (χ3n) is 3.89. The van der Waals surface area contributed by atoms with Gasteiger partial charge in [-0.1, -0.05) is 0 Å². The fourth-order valence-electron chi connectivity index (χ4n) is 2.70. The average molecular weight is 321 g/mol. The quantitative estimate of drug-likeness (QED) is 0.907. The second-order valence-corrected chi connectivity index (χ2v) is 7.79. The highest BCUT2D eigenvalue weighted by Crippen LogP contribution is 2.22. The molecule has 118 valence electrons. The normalized spacial score (nSPS) is 19.6. The summed E-state index contributed by atoms with van der Waals surface area (Å²) in [5.74, 6) is 0.308. The van der Waals surface area contributed by atoms with Gasteiger partial charge in [0.05, 0.1) is 18.1 Å². The molecule has 1 saturated heterocycles. The molecule has 1 aliphatic rings. The molecular formula is C14H19N5O2S. The molecule has 1 N–H and O–H groups in total. The van der Waals surface area contributed by atoms with E-state index in [1.165, 1.54) is 10.6 Å². The van der Waals surface area contributed by atoms with Gasteiger partial charge in [0.25, 0.3) is 0 Å². The van der Waals surface area contributed by atoms with Gasteiger partial charge in [-0.2, -0.15) is 5.10 Å². The molecule has 0 saturated carbocycles. The topological polar surface area (TPSA) is 91.8 Å². The van der Waals surface area contributed by atoms with Crippen molar-refractivity contribution in [2.45, 2.75) is 19.8 Å². The number of rotatable bonds is 4. The average Bonchev–Trinajstić information content (AvgIpc) is 3.08. The fourth-order valence-corrected chi connectivity index (χ4v) is 3.62. The molecule has 0 amide bonds. The lowest BCUT2D eigenvalue weighted by Crippen LogP contribution is -2.27. The largest absolute Gasteiger partial charge is 0.282 e. The first-order chi connectivity index (χ1) is 10.4. The highest BCUT2D eigenvalue weighted by atomic mass is 32.2. The van der Waals surface area contributed by atoms with Crippen LogP contribution in [0.25, 0.3) is 11.4 Å². The van der Waals surface area contributed by atoms with Crippen LogP contribution in [-0.4, -0.2) is 52.2 Å². The Bertz CT molecular complexity index is 754. The number of hydrogen-bond acceptors (Lipinski definition) is 5. The summed E-state index contributed by atoms with van der Waals surface area (Å²) in [5, 5.41) is 7.03. The lowest BCUT2D eigenvalue weighted by molar-refractivity contribution is 0.459. The summed E-state index contributed by atoms with van der Waals surface area (Å²) in [6, 6.07) is 1.92. The van der Waals surface area contributed by atoms with Gasteiger partial charge in [-0.3, -0.25) is 15.1 Å². The maximum absolute atomic E-state index is 11.5. The summed E-state index contributed by atoms with van der Waals surface area (Å²) in [7, 11) is -3.08. The summed E-state index contributed by atoms with van der Waals surface area (Å²) in [6.45, 7) is 3.11. The van der Waals surface area contributed by atoms with Crippen LogP contribution in [0.2, 0.25) is 0 Å². The Hall–Kier alpha value is -1.80. The van der Waals surface area contributed by atoms with Crippen LogP contribution in [0.1, 0.15) is 17.8 Å². The van der Waals surface area contributed by atoms with Gasteiger partial charge in [-0.15, -0.1) is 0 Å². The van der Waals surface area contributed by atoms with E-state index in [0.29, 0.717) is 19.0 Å². The molecule has 8 heteroatoms. The minimum atomic E-state index is -3.08. The maximum Gasteiger partial charge on any atom is 0.211 e. The predicted octanol–water partition coefficient (Wildman–Crippen LogP) is 0.999. The molecule has 0 spiro atoms. The van der Waals surface area contributed by atoms with Crippen LogP contribution in [0.3, 0.4) is 0 Å². The van der Waals surface area contributed by atoms with Crippen molar-refractivity contribution in [1.82, 2.24) is 24.5 Å². The molecule has 3 rings (SSSR count). The zero-order valence-electron chi connectivity index (χ0n) is 12.7. The van der Waals surface area contributed by atoms with Crippen LogP contribution in [0.15, 0.2) is 18.5 Å². The van der Waals surface area contributed by atoms with Crippen molar-refractivity contribution in [3.63, 3.8) is 0 Å². The number of aryl methyl sites for hydroxylation is 1. The van der Waals surface area contributed by atoms with Crippen molar-refractivity contribution in [2.24, 2.45) is 5.92 Å². The highest BCUT2D eigenvalue weighted by molar-refractivity contribution is 7.88. The third-order valence-corrected chi connectivity index (χ3v) is 5.16. The number of hydrogen-bond donors (Lipinski definition) is 1. The van der Waals surface area contributed by atoms with Crippen molar-refractivity contribution >= 4 is 10.0 Å². The second kappa shape index (κ2) is 5.77. The molecule has 3 heterocycles. The van der Waals surface area contributed by atoms with Crippen molar-refractivity contribution in [3.8, 4) is 11.4 Å². The first-order valence-electron chi connectivity index (χ1n) is 7.20. The van der Waals surface area contributed by atoms with Crippen LogP contribution in [-0.2, 0) is 16.4 Å². The lowest BCUT2D eigenvalue weighted by Gasteiger charge is -2.13. The van der Waals surface area contributed by atoms with Crippen LogP contribution < -0.4 is 0 Å². The van der Waals surface area contributed by atoms with E-state index in [-0.39, 0.29) is 0 Å². The molecule has 0 unspecified atom stereocenters. The first kappa shape index (κ1) is 15.1. The van der Waals surface area contributed by atoms with E-state index in [9.17, 15) is 8.42 Å². The van der Waals surface area contributed by atoms with Gasteiger partial charge in [0.15, 0.2) is 0 Å². The Morgan fingerprint density at radius 2 is 2.14 bits per heavy atom. The van der Waals surface area contributed by atoms with Gasteiger partial charge >= 0.3 is 0 Å². The minimum absolute atomic E-state index is 0.308. The molecule has 2 aromatic heterocycles. The zero-order chi connectivity index (χ0) is 15.7. The molecule has 22 heavy (non-hydrogen) atoms. The number of nitrogens with zero attached hydrogens (tertiary/aromatic N) is 4. The fraction of sp³-hybridized carbons (Fsp3) is 0.500. The monoisotopic (exact) mass is 321 g/mol. The minimum Gasteiger partial charge on any atom is -0.282 e. The summed E-state index contributed by atoms with van der Waals surface area (Å²) in [4.78, 5) is 8.83. The summed E-state index contributed by atoms with van der Waals surface area (Å²) in [5.41, 5.74) is 3.38. The standard InChI is InChI=1S/C14H19N5O2S/c1-10-5-13(18-17-10)14-8-15-12(7-16-14)6-11-3-4-19(9-11)22(2,20)21/h5,7-8,11H,3-4,6,9H2,1-2H3,(H,17,18)/t11-/m0/s1. The maximum atomic E-state index is 11.5. The molecule has 0 bridgehead atoms. The van der Waals surface area contributed by atoms with Crippen LogP contribution in [0.5, 0.6) is 0 Å². The summed E-state index contributed by atoms with van der Waals surface area (Å²) < 4.78 is 24.6. The Morgan fingerprint density at radius 1 is 1.32 bits per heavy atom. The summed E-state index contributed by atoms with van der Waals surface area (Å²) >= 11 is 0. The molecule has 7 nitrogen and oxygen atoms in total. The van der Waals surface area contributed by atoms with Gasteiger partial charge in [-0.05, 0) is 31.7 Å². The zero-order valence-corrected chi connectivity index (χ0v) is 13.5. The Labute approximate surface area is 129 Å². The van der Waals surface area contributed by atoms with Gasteiger partial charge in [0.1, 0.15) is 11.4 Å². The smallest absolute Gasteiger partial charge is 0.211 e. The van der Waals surface area contributed by atoms with E-state index < -0.39 is 10.0 Å². The number of aromatic nitrogens is 4. The van der Waals surface area contributed by atoms with E-state index >= 15 is 0 Å². The van der Waals surface area contributed by atoms with Gasteiger partial charge in [0.2, 0.25) is 10.0 Å². The van der Waals surface area contributed by atoms with Crippen LogP contribution >= 0.6 is 0 Å². The van der Waals surface area contributed by atoms with Crippen LogP contribution in [0, 0.1) is 12.8 Å². The van der Waals surface area contributed by atoms with Crippen molar-refractivity contribution in [3.05, 3.63) is 29.8 Å². The van der Waals surface area contributed by atoms with Crippen molar-refractivity contribution in [2.75, 3.05) is 19.3 Å². The Morgan fingerprint density at radius 3 is 2.68 bits per heavy atom. The van der Waals surface area contributed by atoms with E-state index in [1.54, 1.807) is 12.4 Å². The third kappa shape index (κ3) is 3.33. The lowest BCUT2D eigenvalue weighted by atomic mass is 10.0.